The van der Waals surface area contributed by atoms with Gasteiger partial charge in [0.1, 0.15) is 17.4 Å². The zero-order valence-electron chi connectivity index (χ0n) is 19.3. The van der Waals surface area contributed by atoms with E-state index in [1.807, 2.05) is 0 Å². The smallest absolute Gasteiger partial charge is 0.205 e. The molecule has 2 aliphatic heterocycles. The standard InChI is InChI=1S/C27H29N3OS2/c1-4-13-30-16-20(14-18-5-9-21(32-2)10-6-18)26-24(17-30)25(23(15-28)27(29)31-26)19-7-11-22(33-3)12-8-19/h5-12,14,25H,4,13,16-17,29H2,1-3H3/b20-14-/t25-/m0/s1. The van der Waals surface area contributed by atoms with Crippen LogP contribution in [0, 0.1) is 11.3 Å². The number of hydrogen-bond donors (Lipinski definition) is 1. The molecular weight excluding hydrogens is 446 g/mol. The molecule has 0 aliphatic carbocycles. The van der Waals surface area contributed by atoms with Gasteiger partial charge in [0.05, 0.1) is 5.92 Å². The van der Waals surface area contributed by atoms with E-state index in [1.54, 1.807) is 23.5 Å². The minimum atomic E-state index is -0.198. The first-order valence-electron chi connectivity index (χ1n) is 11.1. The van der Waals surface area contributed by atoms with Crippen LogP contribution in [0.1, 0.15) is 30.4 Å². The van der Waals surface area contributed by atoms with Crippen LogP contribution in [0.4, 0.5) is 0 Å². The predicted molar refractivity (Wildman–Crippen MR) is 139 cm³/mol. The Morgan fingerprint density at radius 3 is 2.27 bits per heavy atom. The maximum absolute atomic E-state index is 9.98. The molecule has 1 atom stereocenters. The second kappa shape index (κ2) is 10.6. The van der Waals surface area contributed by atoms with Gasteiger partial charge in [-0.05, 0) is 72.5 Å². The lowest BCUT2D eigenvalue weighted by Crippen LogP contribution is -2.38. The van der Waals surface area contributed by atoms with E-state index in [1.165, 1.54) is 9.79 Å². The summed E-state index contributed by atoms with van der Waals surface area (Å²) in [5, 5.41) is 9.98. The van der Waals surface area contributed by atoms with E-state index < -0.39 is 0 Å². The zero-order valence-corrected chi connectivity index (χ0v) is 20.9. The monoisotopic (exact) mass is 475 g/mol. The van der Waals surface area contributed by atoms with Crippen LogP contribution in [0.3, 0.4) is 0 Å². The third-order valence-electron chi connectivity index (χ3n) is 6.05. The number of nitrogens with two attached hydrogens (primary N) is 1. The molecule has 0 saturated heterocycles. The molecule has 2 heterocycles. The van der Waals surface area contributed by atoms with Crippen LogP contribution in [0.2, 0.25) is 0 Å². The number of allylic oxidation sites excluding steroid dienone is 1. The molecule has 0 aromatic heterocycles. The lowest BCUT2D eigenvalue weighted by Gasteiger charge is -2.38. The van der Waals surface area contributed by atoms with Gasteiger partial charge in [0, 0.05) is 28.5 Å². The third-order valence-corrected chi connectivity index (χ3v) is 7.54. The van der Waals surface area contributed by atoms with Gasteiger partial charge in [-0.3, -0.25) is 4.90 Å². The molecule has 2 aromatic carbocycles. The van der Waals surface area contributed by atoms with Gasteiger partial charge < -0.3 is 10.5 Å². The van der Waals surface area contributed by atoms with Gasteiger partial charge in [0.2, 0.25) is 5.88 Å². The highest BCUT2D eigenvalue weighted by Crippen LogP contribution is 2.44. The zero-order chi connectivity index (χ0) is 23.4. The summed E-state index contributed by atoms with van der Waals surface area (Å²) in [4.78, 5) is 4.87. The quantitative estimate of drug-likeness (QED) is 0.517. The molecule has 4 nitrogen and oxygen atoms in total. The van der Waals surface area contributed by atoms with E-state index in [0.29, 0.717) is 5.57 Å². The highest BCUT2D eigenvalue weighted by Gasteiger charge is 2.37. The van der Waals surface area contributed by atoms with Crippen LogP contribution in [0.5, 0.6) is 0 Å². The maximum atomic E-state index is 9.98. The summed E-state index contributed by atoms with van der Waals surface area (Å²) in [7, 11) is 0. The molecule has 0 saturated carbocycles. The molecule has 0 spiro atoms. The van der Waals surface area contributed by atoms with E-state index in [4.69, 9.17) is 10.5 Å². The van der Waals surface area contributed by atoms with Crippen molar-refractivity contribution >= 4 is 29.6 Å². The largest absolute Gasteiger partial charge is 0.440 e. The van der Waals surface area contributed by atoms with Crippen LogP contribution in [-0.4, -0.2) is 37.0 Å². The van der Waals surface area contributed by atoms with Crippen molar-refractivity contribution in [2.24, 2.45) is 5.73 Å². The predicted octanol–water partition coefficient (Wildman–Crippen LogP) is 6.00. The van der Waals surface area contributed by atoms with Crippen LogP contribution >= 0.6 is 23.5 Å². The van der Waals surface area contributed by atoms with Crippen molar-refractivity contribution < 1.29 is 4.74 Å². The van der Waals surface area contributed by atoms with Crippen LogP contribution in [-0.2, 0) is 4.74 Å². The Kier molecular flexibility index (Phi) is 7.54. The summed E-state index contributed by atoms with van der Waals surface area (Å²) in [5.41, 5.74) is 11.2. The molecule has 0 unspecified atom stereocenters. The van der Waals surface area contributed by atoms with Crippen molar-refractivity contribution in [3.8, 4) is 6.07 Å². The third kappa shape index (κ3) is 5.01. The van der Waals surface area contributed by atoms with Gasteiger partial charge >= 0.3 is 0 Å². The second-order valence-corrected chi connectivity index (χ2v) is 9.97. The molecule has 0 bridgehead atoms. The van der Waals surface area contributed by atoms with Crippen LogP contribution in [0.25, 0.3) is 6.08 Å². The van der Waals surface area contributed by atoms with E-state index in [2.05, 4.69) is 85.0 Å². The molecule has 0 fully saturated rings. The van der Waals surface area contributed by atoms with E-state index in [-0.39, 0.29) is 11.8 Å². The fourth-order valence-corrected chi connectivity index (χ4v) is 5.31. The number of rotatable bonds is 6. The molecule has 0 radical (unpaired) electrons. The maximum Gasteiger partial charge on any atom is 0.205 e. The Hall–Kier alpha value is -2.59. The van der Waals surface area contributed by atoms with Gasteiger partial charge in [0.15, 0.2) is 0 Å². The van der Waals surface area contributed by atoms with Gasteiger partial charge in [-0.1, -0.05) is 31.2 Å². The highest BCUT2D eigenvalue weighted by atomic mass is 32.2. The van der Waals surface area contributed by atoms with Crippen molar-refractivity contribution in [1.82, 2.24) is 4.90 Å². The Morgan fingerprint density at radius 1 is 1.06 bits per heavy atom. The van der Waals surface area contributed by atoms with Crippen LogP contribution < -0.4 is 5.73 Å². The Balaban J connectivity index is 1.82. The van der Waals surface area contributed by atoms with Crippen LogP contribution in [0.15, 0.2) is 86.7 Å². The lowest BCUT2D eigenvalue weighted by molar-refractivity contribution is 0.234. The number of nitrogens with zero attached hydrogens (tertiary/aromatic N) is 2. The first-order valence-corrected chi connectivity index (χ1v) is 13.5. The molecule has 2 N–H and O–H groups in total. The first kappa shape index (κ1) is 23.6. The molecule has 2 aromatic rings. The second-order valence-electron chi connectivity index (χ2n) is 8.21. The summed E-state index contributed by atoms with van der Waals surface area (Å²) in [6.45, 7) is 4.74. The Bertz CT molecular complexity index is 1140. The summed E-state index contributed by atoms with van der Waals surface area (Å²) >= 11 is 3.44. The minimum Gasteiger partial charge on any atom is -0.440 e. The summed E-state index contributed by atoms with van der Waals surface area (Å²) in [6.07, 6.45) is 7.41. The number of thioether (sulfide) groups is 2. The summed E-state index contributed by atoms with van der Waals surface area (Å²) in [5.74, 6) is 0.839. The van der Waals surface area contributed by atoms with Crippen molar-refractivity contribution in [3.05, 3.63) is 88.0 Å². The first-order chi connectivity index (χ1) is 16.1. The number of hydrogen-bond acceptors (Lipinski definition) is 6. The number of nitriles is 1. The molecular formula is C27H29N3OS2. The fourth-order valence-electron chi connectivity index (χ4n) is 4.49. The normalized spacial score (nSPS) is 19.9. The molecule has 2 aliphatic rings. The summed E-state index contributed by atoms with van der Waals surface area (Å²) < 4.78 is 6.16. The Morgan fingerprint density at radius 2 is 1.70 bits per heavy atom. The minimum absolute atomic E-state index is 0.198. The molecule has 4 rings (SSSR count). The number of ether oxygens (including phenoxy) is 1. The molecule has 170 valence electrons. The SMILES string of the molecule is CCCN1CC2=C(OC(N)=C(C#N)[C@@H]2c2ccc(SC)cc2)/C(=C\c2ccc(SC)cc2)C1. The van der Waals surface area contributed by atoms with E-state index in [9.17, 15) is 5.26 Å². The Labute approximate surface area is 205 Å². The summed E-state index contributed by atoms with van der Waals surface area (Å²) in [6, 6.07) is 19.3. The lowest BCUT2D eigenvalue weighted by atomic mass is 9.80. The topological polar surface area (TPSA) is 62.3 Å². The average molecular weight is 476 g/mol. The van der Waals surface area contributed by atoms with Crippen molar-refractivity contribution in [2.45, 2.75) is 29.1 Å². The molecule has 0 amide bonds. The molecule has 33 heavy (non-hydrogen) atoms. The van der Waals surface area contributed by atoms with Crippen molar-refractivity contribution in [1.29, 1.82) is 5.26 Å². The number of benzene rings is 2. The highest BCUT2D eigenvalue weighted by molar-refractivity contribution is 7.98. The van der Waals surface area contributed by atoms with E-state index in [0.717, 1.165) is 54.1 Å². The van der Waals surface area contributed by atoms with Gasteiger partial charge in [-0.15, -0.1) is 23.5 Å². The van der Waals surface area contributed by atoms with Gasteiger partial charge in [-0.25, -0.2) is 0 Å². The van der Waals surface area contributed by atoms with E-state index >= 15 is 0 Å². The van der Waals surface area contributed by atoms with Gasteiger partial charge in [-0.2, -0.15) is 5.26 Å². The average Bonchev–Trinajstić information content (AvgIpc) is 2.84. The van der Waals surface area contributed by atoms with Crippen molar-refractivity contribution in [2.75, 3.05) is 32.1 Å². The fraction of sp³-hybridized carbons (Fsp3) is 0.296. The van der Waals surface area contributed by atoms with Gasteiger partial charge in [0.25, 0.3) is 0 Å². The molecule has 6 heteroatoms. The van der Waals surface area contributed by atoms with Crippen molar-refractivity contribution in [3.63, 3.8) is 0 Å².